The summed E-state index contributed by atoms with van der Waals surface area (Å²) in [6.45, 7) is 0.453. The molecule has 0 saturated heterocycles. The SMILES string of the molecule is COc1cc(CN(C)C(=O)C2(N)CCC2)ccc1O. The fraction of sp³-hybridized carbons (Fsp3) is 0.500. The van der Waals surface area contributed by atoms with Gasteiger partial charge in [-0.05, 0) is 37.0 Å². The largest absolute Gasteiger partial charge is 0.504 e. The zero-order chi connectivity index (χ0) is 14.0. The predicted octanol–water partition coefficient (Wildman–Crippen LogP) is 1.24. The molecule has 1 fully saturated rings. The molecule has 0 unspecified atom stereocenters. The Morgan fingerprint density at radius 3 is 2.74 bits per heavy atom. The number of nitrogens with zero attached hydrogens (tertiary/aromatic N) is 1. The van der Waals surface area contributed by atoms with Gasteiger partial charge in [0.2, 0.25) is 5.91 Å². The van der Waals surface area contributed by atoms with E-state index >= 15 is 0 Å². The first kappa shape index (κ1) is 13.7. The Hall–Kier alpha value is -1.75. The Morgan fingerprint density at radius 2 is 2.21 bits per heavy atom. The van der Waals surface area contributed by atoms with Crippen LogP contribution in [0.15, 0.2) is 18.2 Å². The second-order valence-corrected chi connectivity index (χ2v) is 5.18. The van der Waals surface area contributed by atoms with Crippen molar-refractivity contribution in [1.82, 2.24) is 4.90 Å². The standard InChI is InChI=1S/C14H20N2O3/c1-16(13(18)14(15)6-3-7-14)9-10-4-5-11(17)12(8-10)19-2/h4-5,8,17H,3,6-7,9,15H2,1-2H3. The van der Waals surface area contributed by atoms with Crippen LogP contribution in [0, 0.1) is 0 Å². The van der Waals surface area contributed by atoms with Crippen LogP contribution in [0.5, 0.6) is 11.5 Å². The first-order valence-electron chi connectivity index (χ1n) is 6.36. The molecule has 1 saturated carbocycles. The third kappa shape index (κ3) is 2.66. The number of amides is 1. The fourth-order valence-electron chi connectivity index (χ4n) is 2.32. The second kappa shape index (κ2) is 5.09. The number of nitrogens with two attached hydrogens (primary N) is 1. The van der Waals surface area contributed by atoms with Crippen LogP contribution in [-0.4, -0.2) is 35.6 Å². The molecule has 1 aliphatic carbocycles. The van der Waals surface area contributed by atoms with Crippen molar-refractivity contribution in [3.63, 3.8) is 0 Å². The van der Waals surface area contributed by atoms with Gasteiger partial charge >= 0.3 is 0 Å². The molecule has 0 aliphatic heterocycles. The van der Waals surface area contributed by atoms with Crippen LogP contribution in [0.3, 0.4) is 0 Å². The van der Waals surface area contributed by atoms with Gasteiger partial charge in [0.25, 0.3) is 0 Å². The number of phenolic OH excluding ortho intramolecular Hbond substituents is 1. The molecule has 19 heavy (non-hydrogen) atoms. The van der Waals surface area contributed by atoms with Gasteiger partial charge in [0.05, 0.1) is 12.6 Å². The zero-order valence-corrected chi connectivity index (χ0v) is 11.3. The minimum atomic E-state index is -0.671. The van der Waals surface area contributed by atoms with Crippen LogP contribution >= 0.6 is 0 Å². The van der Waals surface area contributed by atoms with Crippen LogP contribution < -0.4 is 10.5 Å². The number of hydrogen-bond acceptors (Lipinski definition) is 4. The Bertz CT molecular complexity index is 484. The summed E-state index contributed by atoms with van der Waals surface area (Å²) >= 11 is 0. The number of ether oxygens (including phenoxy) is 1. The van der Waals surface area contributed by atoms with Gasteiger partial charge in [-0.15, -0.1) is 0 Å². The number of methoxy groups -OCH3 is 1. The number of rotatable bonds is 4. The first-order valence-corrected chi connectivity index (χ1v) is 6.36. The molecule has 5 nitrogen and oxygen atoms in total. The summed E-state index contributed by atoms with van der Waals surface area (Å²) in [6, 6.07) is 5.06. The molecule has 5 heteroatoms. The minimum absolute atomic E-state index is 0.0224. The van der Waals surface area contributed by atoms with Gasteiger partial charge in [0.1, 0.15) is 0 Å². The average Bonchev–Trinajstić information content (AvgIpc) is 2.37. The lowest BCUT2D eigenvalue weighted by Crippen LogP contribution is -2.58. The van der Waals surface area contributed by atoms with Gasteiger partial charge in [-0.1, -0.05) is 6.07 Å². The van der Waals surface area contributed by atoms with Crippen molar-refractivity contribution in [2.24, 2.45) is 5.73 Å². The van der Waals surface area contributed by atoms with Gasteiger partial charge < -0.3 is 20.5 Å². The molecule has 0 bridgehead atoms. The van der Waals surface area contributed by atoms with Gasteiger partial charge in [0.15, 0.2) is 11.5 Å². The molecule has 1 aromatic rings. The quantitative estimate of drug-likeness (QED) is 0.858. The summed E-state index contributed by atoms with van der Waals surface area (Å²) in [7, 11) is 3.24. The molecule has 1 aromatic carbocycles. The van der Waals surface area contributed by atoms with Crippen molar-refractivity contribution >= 4 is 5.91 Å². The molecule has 0 aromatic heterocycles. The Kier molecular flexibility index (Phi) is 3.66. The third-order valence-corrected chi connectivity index (χ3v) is 3.68. The van der Waals surface area contributed by atoms with Crippen molar-refractivity contribution in [2.45, 2.75) is 31.3 Å². The fourth-order valence-corrected chi connectivity index (χ4v) is 2.32. The number of hydrogen-bond donors (Lipinski definition) is 2. The molecule has 104 valence electrons. The summed E-state index contributed by atoms with van der Waals surface area (Å²) in [6.07, 6.45) is 2.53. The lowest BCUT2D eigenvalue weighted by Gasteiger charge is -2.39. The highest BCUT2D eigenvalue weighted by Crippen LogP contribution is 2.31. The summed E-state index contributed by atoms with van der Waals surface area (Å²) in [5, 5.41) is 9.53. The van der Waals surface area contributed by atoms with E-state index in [9.17, 15) is 9.90 Å². The summed E-state index contributed by atoms with van der Waals surface area (Å²) in [5.41, 5.74) is 6.25. The molecule has 2 rings (SSSR count). The van der Waals surface area contributed by atoms with E-state index in [1.165, 1.54) is 7.11 Å². The number of aromatic hydroxyl groups is 1. The van der Waals surface area contributed by atoms with Gasteiger partial charge in [-0.25, -0.2) is 0 Å². The van der Waals surface area contributed by atoms with E-state index in [0.29, 0.717) is 12.3 Å². The molecule has 1 aliphatic rings. The van der Waals surface area contributed by atoms with Crippen LogP contribution in [-0.2, 0) is 11.3 Å². The highest BCUT2D eigenvalue weighted by molar-refractivity contribution is 5.86. The van der Waals surface area contributed by atoms with E-state index in [4.69, 9.17) is 10.5 Å². The average molecular weight is 264 g/mol. The molecule has 3 N–H and O–H groups in total. The smallest absolute Gasteiger partial charge is 0.242 e. The number of carbonyl (C=O) groups excluding carboxylic acids is 1. The lowest BCUT2D eigenvalue weighted by atomic mass is 9.76. The highest BCUT2D eigenvalue weighted by Gasteiger charge is 2.41. The molecule has 0 heterocycles. The lowest BCUT2D eigenvalue weighted by molar-refractivity contribution is -0.139. The normalized spacial score (nSPS) is 16.6. The Labute approximate surface area is 113 Å². The third-order valence-electron chi connectivity index (χ3n) is 3.68. The number of phenols is 1. The molecular weight excluding hydrogens is 244 g/mol. The molecule has 1 amide bonds. The van der Waals surface area contributed by atoms with Crippen molar-refractivity contribution in [2.75, 3.05) is 14.2 Å². The molecule has 0 radical (unpaired) electrons. The predicted molar refractivity (Wildman–Crippen MR) is 71.9 cm³/mol. The van der Waals surface area contributed by atoms with Gasteiger partial charge in [-0.2, -0.15) is 0 Å². The topological polar surface area (TPSA) is 75.8 Å². The van der Waals surface area contributed by atoms with Crippen molar-refractivity contribution in [3.8, 4) is 11.5 Å². The maximum atomic E-state index is 12.2. The summed E-state index contributed by atoms with van der Waals surface area (Å²) in [4.78, 5) is 13.8. The van der Waals surface area contributed by atoms with E-state index in [1.54, 1.807) is 30.1 Å². The van der Waals surface area contributed by atoms with E-state index in [-0.39, 0.29) is 11.7 Å². The summed E-state index contributed by atoms with van der Waals surface area (Å²) < 4.78 is 5.05. The van der Waals surface area contributed by atoms with E-state index in [2.05, 4.69) is 0 Å². The number of carbonyl (C=O) groups is 1. The van der Waals surface area contributed by atoms with Crippen molar-refractivity contribution < 1.29 is 14.6 Å². The van der Waals surface area contributed by atoms with E-state index < -0.39 is 5.54 Å². The van der Waals surface area contributed by atoms with Crippen LogP contribution in [0.25, 0.3) is 0 Å². The molecule has 0 spiro atoms. The highest BCUT2D eigenvalue weighted by atomic mass is 16.5. The van der Waals surface area contributed by atoms with Crippen LogP contribution in [0.4, 0.5) is 0 Å². The number of benzene rings is 1. The molecular formula is C14H20N2O3. The first-order chi connectivity index (χ1) is 8.96. The van der Waals surface area contributed by atoms with Crippen LogP contribution in [0.1, 0.15) is 24.8 Å². The minimum Gasteiger partial charge on any atom is -0.504 e. The van der Waals surface area contributed by atoms with Crippen molar-refractivity contribution in [1.29, 1.82) is 0 Å². The van der Waals surface area contributed by atoms with Crippen molar-refractivity contribution in [3.05, 3.63) is 23.8 Å². The molecule has 0 atom stereocenters. The zero-order valence-electron chi connectivity index (χ0n) is 11.3. The number of likely N-dealkylation sites (N-methyl/N-ethyl adjacent to an activating group) is 1. The Morgan fingerprint density at radius 1 is 1.53 bits per heavy atom. The summed E-state index contributed by atoms with van der Waals surface area (Å²) in [5.74, 6) is 0.477. The van der Waals surface area contributed by atoms with E-state index in [0.717, 1.165) is 24.8 Å². The van der Waals surface area contributed by atoms with E-state index in [1.807, 2.05) is 0 Å². The maximum absolute atomic E-state index is 12.2. The van der Waals surface area contributed by atoms with Gasteiger partial charge in [0, 0.05) is 13.6 Å². The van der Waals surface area contributed by atoms with Gasteiger partial charge in [-0.3, -0.25) is 4.79 Å². The second-order valence-electron chi connectivity index (χ2n) is 5.18. The maximum Gasteiger partial charge on any atom is 0.242 e. The monoisotopic (exact) mass is 264 g/mol. The Balaban J connectivity index is 2.06. The van der Waals surface area contributed by atoms with Crippen LogP contribution in [0.2, 0.25) is 0 Å².